The second-order valence-electron chi connectivity index (χ2n) is 2.87. The summed E-state index contributed by atoms with van der Waals surface area (Å²) in [6.45, 7) is 5.29. The van der Waals surface area contributed by atoms with Crippen LogP contribution in [0.4, 0.5) is 5.69 Å². The van der Waals surface area contributed by atoms with Gasteiger partial charge in [-0.05, 0) is 36.8 Å². The lowest BCUT2D eigenvalue weighted by molar-refractivity contribution is -0.111. The van der Waals surface area contributed by atoms with Gasteiger partial charge in [0.1, 0.15) is 5.75 Å². The molecule has 0 heterocycles. The van der Waals surface area contributed by atoms with Crippen LogP contribution in [-0.4, -0.2) is 13.0 Å². The molecule has 0 atom stereocenters. The van der Waals surface area contributed by atoms with Gasteiger partial charge in [-0.2, -0.15) is 0 Å². The molecule has 0 fully saturated rings. The summed E-state index contributed by atoms with van der Waals surface area (Å²) in [6, 6.07) is 5.46. The first kappa shape index (κ1) is 10.3. The van der Waals surface area contributed by atoms with Gasteiger partial charge in [0.05, 0.1) is 7.11 Å². The summed E-state index contributed by atoms with van der Waals surface area (Å²) < 4.78 is 5.05. The molecule has 0 saturated carbocycles. The minimum absolute atomic E-state index is 0.210. The standard InChI is InChI=1S/C11H13NO2/c1-4-11(13)12-10-6-5-9(14-3)7-8(10)2/h4-7H,1H2,2-3H3,(H,12,13). The van der Waals surface area contributed by atoms with Gasteiger partial charge in [-0.25, -0.2) is 0 Å². The Morgan fingerprint density at radius 3 is 2.79 bits per heavy atom. The van der Waals surface area contributed by atoms with Crippen LogP contribution in [-0.2, 0) is 4.79 Å². The van der Waals surface area contributed by atoms with Crippen LogP contribution in [0.5, 0.6) is 5.75 Å². The molecule has 1 aromatic rings. The third kappa shape index (κ3) is 2.36. The zero-order valence-corrected chi connectivity index (χ0v) is 8.33. The second kappa shape index (κ2) is 4.46. The molecule has 1 aromatic carbocycles. The Bertz CT molecular complexity index is 358. The van der Waals surface area contributed by atoms with Crippen molar-refractivity contribution >= 4 is 11.6 Å². The third-order valence-electron chi connectivity index (χ3n) is 1.88. The SMILES string of the molecule is C=CC(=O)Nc1ccc(OC)cc1C. The van der Waals surface area contributed by atoms with Gasteiger partial charge in [0.25, 0.3) is 0 Å². The fraction of sp³-hybridized carbons (Fsp3) is 0.182. The summed E-state index contributed by atoms with van der Waals surface area (Å²) in [5, 5.41) is 2.70. The maximum absolute atomic E-state index is 11.0. The Morgan fingerprint density at radius 2 is 2.29 bits per heavy atom. The van der Waals surface area contributed by atoms with Crippen LogP contribution in [0.15, 0.2) is 30.9 Å². The van der Waals surface area contributed by atoms with Crippen molar-refractivity contribution in [3.63, 3.8) is 0 Å². The molecule has 1 amide bonds. The Hall–Kier alpha value is -1.77. The van der Waals surface area contributed by atoms with E-state index in [1.807, 2.05) is 13.0 Å². The van der Waals surface area contributed by atoms with Crippen molar-refractivity contribution in [1.29, 1.82) is 0 Å². The van der Waals surface area contributed by atoms with Gasteiger partial charge in [0.15, 0.2) is 0 Å². The lowest BCUT2D eigenvalue weighted by atomic mass is 10.2. The third-order valence-corrected chi connectivity index (χ3v) is 1.88. The van der Waals surface area contributed by atoms with E-state index in [0.29, 0.717) is 0 Å². The molecular weight excluding hydrogens is 178 g/mol. The highest BCUT2D eigenvalue weighted by atomic mass is 16.5. The van der Waals surface area contributed by atoms with Crippen molar-refractivity contribution in [3.05, 3.63) is 36.4 Å². The Balaban J connectivity index is 2.88. The Kier molecular flexibility index (Phi) is 3.29. The second-order valence-corrected chi connectivity index (χ2v) is 2.87. The Labute approximate surface area is 83.4 Å². The highest BCUT2D eigenvalue weighted by Gasteiger charge is 2.01. The molecule has 0 bridgehead atoms. The zero-order chi connectivity index (χ0) is 10.6. The van der Waals surface area contributed by atoms with Crippen molar-refractivity contribution in [2.45, 2.75) is 6.92 Å². The van der Waals surface area contributed by atoms with E-state index < -0.39 is 0 Å². The van der Waals surface area contributed by atoms with Crippen molar-refractivity contribution < 1.29 is 9.53 Å². The minimum Gasteiger partial charge on any atom is -0.497 e. The Morgan fingerprint density at radius 1 is 1.57 bits per heavy atom. The summed E-state index contributed by atoms with van der Waals surface area (Å²) in [6.07, 6.45) is 1.24. The monoisotopic (exact) mass is 191 g/mol. The number of ether oxygens (including phenoxy) is 1. The molecule has 0 aliphatic rings. The van der Waals surface area contributed by atoms with E-state index in [0.717, 1.165) is 17.0 Å². The predicted molar refractivity (Wildman–Crippen MR) is 56.6 cm³/mol. The number of methoxy groups -OCH3 is 1. The average Bonchev–Trinajstić information content (AvgIpc) is 2.20. The summed E-state index contributed by atoms with van der Waals surface area (Å²) in [5.41, 5.74) is 1.73. The lowest BCUT2D eigenvalue weighted by Crippen LogP contribution is -2.08. The van der Waals surface area contributed by atoms with E-state index in [1.54, 1.807) is 19.2 Å². The molecule has 0 unspecified atom stereocenters. The number of rotatable bonds is 3. The van der Waals surface area contributed by atoms with Crippen LogP contribution in [0.3, 0.4) is 0 Å². The van der Waals surface area contributed by atoms with E-state index in [4.69, 9.17) is 4.74 Å². The van der Waals surface area contributed by atoms with Crippen LogP contribution in [0.1, 0.15) is 5.56 Å². The van der Waals surface area contributed by atoms with Crippen LogP contribution in [0.25, 0.3) is 0 Å². The maximum Gasteiger partial charge on any atom is 0.247 e. The van der Waals surface area contributed by atoms with Gasteiger partial charge in [-0.3, -0.25) is 4.79 Å². The molecule has 0 aliphatic carbocycles. The molecule has 3 nitrogen and oxygen atoms in total. The van der Waals surface area contributed by atoms with Gasteiger partial charge >= 0.3 is 0 Å². The molecule has 1 N–H and O–H groups in total. The first-order valence-corrected chi connectivity index (χ1v) is 4.25. The lowest BCUT2D eigenvalue weighted by Gasteiger charge is -2.07. The quantitative estimate of drug-likeness (QED) is 0.743. The molecular formula is C11H13NO2. The van der Waals surface area contributed by atoms with Gasteiger partial charge in [0, 0.05) is 5.69 Å². The van der Waals surface area contributed by atoms with E-state index >= 15 is 0 Å². The summed E-state index contributed by atoms with van der Waals surface area (Å²) in [7, 11) is 1.61. The van der Waals surface area contributed by atoms with Crippen LogP contribution in [0.2, 0.25) is 0 Å². The first-order chi connectivity index (χ1) is 6.67. The van der Waals surface area contributed by atoms with E-state index in [-0.39, 0.29) is 5.91 Å². The highest BCUT2D eigenvalue weighted by Crippen LogP contribution is 2.20. The summed E-state index contributed by atoms with van der Waals surface area (Å²) in [5.74, 6) is 0.567. The molecule has 74 valence electrons. The predicted octanol–water partition coefficient (Wildman–Crippen LogP) is 2.13. The topological polar surface area (TPSA) is 38.3 Å². The van der Waals surface area contributed by atoms with E-state index in [1.165, 1.54) is 6.08 Å². The number of benzene rings is 1. The maximum atomic E-state index is 11.0. The molecule has 1 rings (SSSR count). The normalized spacial score (nSPS) is 9.29. The largest absolute Gasteiger partial charge is 0.497 e. The molecule has 0 saturated heterocycles. The van der Waals surface area contributed by atoms with Crippen molar-refractivity contribution in [1.82, 2.24) is 0 Å². The van der Waals surface area contributed by atoms with Crippen molar-refractivity contribution in [3.8, 4) is 5.75 Å². The number of hydrogen-bond donors (Lipinski definition) is 1. The number of carbonyl (C=O) groups excluding carboxylic acids is 1. The fourth-order valence-corrected chi connectivity index (χ4v) is 1.09. The number of aryl methyl sites for hydroxylation is 1. The van der Waals surface area contributed by atoms with Gasteiger partial charge < -0.3 is 10.1 Å². The van der Waals surface area contributed by atoms with Gasteiger partial charge in [0.2, 0.25) is 5.91 Å². The number of anilines is 1. The van der Waals surface area contributed by atoms with E-state index in [9.17, 15) is 4.79 Å². The van der Waals surface area contributed by atoms with Gasteiger partial charge in [-0.15, -0.1) is 0 Å². The first-order valence-electron chi connectivity index (χ1n) is 4.25. The summed E-state index contributed by atoms with van der Waals surface area (Å²) in [4.78, 5) is 11.0. The van der Waals surface area contributed by atoms with Crippen molar-refractivity contribution in [2.75, 3.05) is 12.4 Å². The van der Waals surface area contributed by atoms with Crippen LogP contribution in [0, 0.1) is 6.92 Å². The minimum atomic E-state index is -0.210. The average molecular weight is 191 g/mol. The number of amides is 1. The van der Waals surface area contributed by atoms with Gasteiger partial charge in [-0.1, -0.05) is 6.58 Å². The zero-order valence-electron chi connectivity index (χ0n) is 8.33. The molecule has 14 heavy (non-hydrogen) atoms. The molecule has 0 radical (unpaired) electrons. The number of carbonyl (C=O) groups is 1. The van der Waals surface area contributed by atoms with Crippen LogP contribution >= 0.6 is 0 Å². The smallest absolute Gasteiger partial charge is 0.247 e. The van der Waals surface area contributed by atoms with E-state index in [2.05, 4.69) is 11.9 Å². The molecule has 0 spiro atoms. The van der Waals surface area contributed by atoms with Crippen LogP contribution < -0.4 is 10.1 Å². The summed E-state index contributed by atoms with van der Waals surface area (Å²) >= 11 is 0. The molecule has 3 heteroatoms. The number of nitrogens with one attached hydrogen (secondary N) is 1. The fourth-order valence-electron chi connectivity index (χ4n) is 1.09. The highest BCUT2D eigenvalue weighted by molar-refractivity contribution is 5.99. The molecule has 0 aliphatic heterocycles. The van der Waals surface area contributed by atoms with Crippen molar-refractivity contribution in [2.24, 2.45) is 0 Å². The molecule has 0 aromatic heterocycles. The number of hydrogen-bond acceptors (Lipinski definition) is 2.